The Balaban J connectivity index is 1.47. The minimum absolute atomic E-state index is 0.00167. The smallest absolute Gasteiger partial charge is 0.321 e. The number of nitrogens with one attached hydrogen (secondary N) is 2. The summed E-state index contributed by atoms with van der Waals surface area (Å²) >= 11 is 0. The first-order valence-corrected chi connectivity index (χ1v) is 12.6. The molecule has 1 heterocycles. The van der Waals surface area contributed by atoms with Crippen molar-refractivity contribution in [2.24, 2.45) is 5.92 Å². The highest BCUT2D eigenvalue weighted by Gasteiger charge is 2.54. The first kappa shape index (κ1) is 24.5. The molecular formula is C26H39N5O3. The number of carbonyl (C=O) groups excluding carboxylic acids is 3. The molecule has 0 radical (unpaired) electrons. The summed E-state index contributed by atoms with van der Waals surface area (Å²) in [5.74, 6) is 0.118. The number of urea groups is 1. The van der Waals surface area contributed by atoms with Crippen LogP contribution < -0.4 is 10.6 Å². The van der Waals surface area contributed by atoms with E-state index < -0.39 is 0 Å². The van der Waals surface area contributed by atoms with Crippen molar-refractivity contribution in [1.29, 1.82) is 0 Å². The highest BCUT2D eigenvalue weighted by atomic mass is 16.2. The second-order valence-electron chi connectivity index (χ2n) is 10.5. The van der Waals surface area contributed by atoms with Crippen LogP contribution in [0.2, 0.25) is 0 Å². The molecule has 0 bridgehead atoms. The van der Waals surface area contributed by atoms with Crippen LogP contribution in [0.15, 0.2) is 30.3 Å². The van der Waals surface area contributed by atoms with Crippen LogP contribution in [0, 0.1) is 5.92 Å². The highest BCUT2D eigenvalue weighted by molar-refractivity contribution is 5.88. The average Bonchev–Trinajstić information content (AvgIpc) is 3.06. The highest BCUT2D eigenvalue weighted by Crippen LogP contribution is 2.47. The summed E-state index contributed by atoms with van der Waals surface area (Å²) in [7, 11) is 5.34. The van der Waals surface area contributed by atoms with Gasteiger partial charge in [-0.05, 0) is 57.1 Å². The molecule has 0 unspecified atom stereocenters. The van der Waals surface area contributed by atoms with E-state index in [-0.39, 0.29) is 42.0 Å². The van der Waals surface area contributed by atoms with Gasteiger partial charge in [0, 0.05) is 32.7 Å². The molecule has 1 saturated heterocycles. The van der Waals surface area contributed by atoms with Gasteiger partial charge in [0.05, 0.1) is 12.1 Å². The zero-order valence-electron chi connectivity index (χ0n) is 20.8. The van der Waals surface area contributed by atoms with Crippen LogP contribution >= 0.6 is 0 Å². The second kappa shape index (κ2) is 9.94. The number of likely N-dealkylation sites (N-methyl/N-ethyl adjacent to an activating group) is 1. The Morgan fingerprint density at radius 1 is 1.09 bits per heavy atom. The maximum absolute atomic E-state index is 13.5. The van der Waals surface area contributed by atoms with Crippen molar-refractivity contribution in [3.8, 4) is 0 Å². The number of benzene rings is 1. The normalized spacial score (nSPS) is 27.1. The van der Waals surface area contributed by atoms with Crippen LogP contribution in [-0.2, 0) is 15.1 Å². The van der Waals surface area contributed by atoms with Gasteiger partial charge in [-0.2, -0.15) is 0 Å². The third-order valence-corrected chi connectivity index (χ3v) is 8.33. The summed E-state index contributed by atoms with van der Waals surface area (Å²) in [4.78, 5) is 43.2. The van der Waals surface area contributed by atoms with E-state index in [9.17, 15) is 14.4 Å². The fourth-order valence-electron chi connectivity index (χ4n) is 5.78. The van der Waals surface area contributed by atoms with Crippen molar-refractivity contribution in [2.75, 3.05) is 47.3 Å². The molecular weight excluding hydrogens is 430 g/mol. The number of nitrogens with zero attached hydrogens (tertiary/aromatic N) is 3. The third kappa shape index (κ3) is 4.78. The number of amides is 4. The molecule has 1 aliphatic heterocycles. The monoisotopic (exact) mass is 469 g/mol. The number of hydrogen-bond acceptors (Lipinski definition) is 4. The van der Waals surface area contributed by atoms with Crippen LogP contribution in [0.1, 0.15) is 50.5 Å². The first-order valence-electron chi connectivity index (χ1n) is 12.6. The molecule has 8 heteroatoms. The number of hydrogen-bond donors (Lipinski definition) is 2. The molecule has 34 heavy (non-hydrogen) atoms. The SMILES string of the molecule is CN[C@]1(c2ccccc2)CC[C@]2(CC1)CN(CC(=O)NCC(=O)N(C)C)C(=O)N2CC1CCC1. The molecule has 2 saturated carbocycles. The van der Waals surface area contributed by atoms with E-state index >= 15 is 0 Å². The van der Waals surface area contributed by atoms with Gasteiger partial charge in [0.15, 0.2) is 0 Å². The Morgan fingerprint density at radius 3 is 2.32 bits per heavy atom. The second-order valence-corrected chi connectivity index (χ2v) is 10.5. The van der Waals surface area contributed by atoms with Crippen molar-refractivity contribution in [3.63, 3.8) is 0 Å². The molecule has 3 fully saturated rings. The molecule has 0 aromatic heterocycles. The van der Waals surface area contributed by atoms with Crippen LogP contribution in [0.25, 0.3) is 0 Å². The Morgan fingerprint density at radius 2 is 1.76 bits per heavy atom. The molecule has 3 aliphatic rings. The average molecular weight is 470 g/mol. The lowest BCUT2D eigenvalue weighted by Crippen LogP contribution is -2.56. The molecule has 4 amide bonds. The Hall–Kier alpha value is -2.61. The summed E-state index contributed by atoms with van der Waals surface area (Å²) < 4.78 is 0. The van der Waals surface area contributed by atoms with E-state index in [0.717, 1.165) is 32.2 Å². The van der Waals surface area contributed by atoms with Crippen LogP contribution in [-0.4, -0.2) is 85.4 Å². The molecule has 2 N–H and O–H groups in total. The summed E-state index contributed by atoms with van der Waals surface area (Å²) in [5, 5.41) is 6.26. The van der Waals surface area contributed by atoms with Crippen molar-refractivity contribution in [3.05, 3.63) is 35.9 Å². The lowest BCUT2D eigenvalue weighted by molar-refractivity contribution is -0.131. The Kier molecular flexibility index (Phi) is 7.17. The molecule has 8 nitrogen and oxygen atoms in total. The van der Waals surface area contributed by atoms with Gasteiger partial charge in [-0.25, -0.2) is 4.79 Å². The van der Waals surface area contributed by atoms with E-state index in [1.165, 1.54) is 29.7 Å². The summed E-state index contributed by atoms with van der Waals surface area (Å²) in [6.45, 7) is 1.31. The molecule has 4 rings (SSSR count). The minimum atomic E-state index is -0.283. The number of carbonyl (C=O) groups is 3. The molecule has 1 spiro atoms. The van der Waals surface area contributed by atoms with Gasteiger partial charge in [-0.1, -0.05) is 36.8 Å². The Bertz CT molecular complexity index is 891. The predicted octanol–water partition coefficient (Wildman–Crippen LogP) is 2.16. The molecule has 0 atom stereocenters. The van der Waals surface area contributed by atoms with Crippen LogP contribution in [0.3, 0.4) is 0 Å². The van der Waals surface area contributed by atoms with Gasteiger partial charge in [0.1, 0.15) is 6.54 Å². The molecule has 186 valence electrons. The zero-order chi connectivity index (χ0) is 24.3. The van der Waals surface area contributed by atoms with Crippen LogP contribution in [0.4, 0.5) is 4.79 Å². The molecule has 2 aliphatic carbocycles. The number of rotatable bonds is 8. The predicted molar refractivity (Wildman–Crippen MR) is 131 cm³/mol. The standard InChI is InChI=1S/C26H39N5O3/c1-27-26(21-10-5-4-6-11-21)14-12-25(13-15-26)19-30(18-22(32)28-16-23(33)29(2)3)24(34)31(25)17-20-8-7-9-20/h4-6,10-11,20,27H,7-9,12-19H2,1-3H3,(H,28,32)/t25-,26+. The van der Waals surface area contributed by atoms with Gasteiger partial charge >= 0.3 is 6.03 Å². The van der Waals surface area contributed by atoms with E-state index in [4.69, 9.17) is 0 Å². The van der Waals surface area contributed by atoms with Gasteiger partial charge in [-0.15, -0.1) is 0 Å². The van der Waals surface area contributed by atoms with Crippen LogP contribution in [0.5, 0.6) is 0 Å². The quantitative estimate of drug-likeness (QED) is 0.611. The Labute approximate surface area is 203 Å². The lowest BCUT2D eigenvalue weighted by Gasteiger charge is -2.49. The van der Waals surface area contributed by atoms with E-state index in [2.05, 4.69) is 39.8 Å². The van der Waals surface area contributed by atoms with Gasteiger partial charge < -0.3 is 25.3 Å². The fraction of sp³-hybridized carbons (Fsp3) is 0.654. The van der Waals surface area contributed by atoms with Crippen molar-refractivity contribution in [2.45, 2.75) is 56.0 Å². The van der Waals surface area contributed by atoms with Gasteiger partial charge in [-0.3, -0.25) is 9.59 Å². The molecule has 1 aromatic rings. The van der Waals surface area contributed by atoms with Gasteiger partial charge in [0.2, 0.25) is 11.8 Å². The minimum Gasteiger partial charge on any atom is -0.347 e. The lowest BCUT2D eigenvalue weighted by atomic mass is 9.68. The van der Waals surface area contributed by atoms with E-state index in [0.29, 0.717) is 12.5 Å². The van der Waals surface area contributed by atoms with E-state index in [1.807, 2.05) is 13.1 Å². The van der Waals surface area contributed by atoms with Gasteiger partial charge in [0.25, 0.3) is 0 Å². The maximum Gasteiger partial charge on any atom is 0.321 e. The summed E-state index contributed by atoms with van der Waals surface area (Å²) in [5.41, 5.74) is 0.973. The topological polar surface area (TPSA) is 85.0 Å². The maximum atomic E-state index is 13.5. The zero-order valence-corrected chi connectivity index (χ0v) is 20.8. The first-order chi connectivity index (χ1) is 16.3. The fourth-order valence-corrected chi connectivity index (χ4v) is 5.78. The van der Waals surface area contributed by atoms with Crippen molar-refractivity contribution in [1.82, 2.24) is 25.3 Å². The van der Waals surface area contributed by atoms with Crippen molar-refractivity contribution < 1.29 is 14.4 Å². The van der Waals surface area contributed by atoms with Crippen molar-refractivity contribution >= 4 is 17.8 Å². The summed E-state index contributed by atoms with van der Waals surface area (Å²) in [6.07, 6.45) is 7.28. The third-order valence-electron chi connectivity index (χ3n) is 8.33. The summed E-state index contributed by atoms with van der Waals surface area (Å²) in [6, 6.07) is 10.6. The van der Waals surface area contributed by atoms with E-state index in [1.54, 1.807) is 19.0 Å². The largest absolute Gasteiger partial charge is 0.347 e. The molecule has 1 aromatic carbocycles.